The number of hydrazine groups is 1. The summed E-state index contributed by atoms with van der Waals surface area (Å²) >= 11 is 0. The lowest BCUT2D eigenvalue weighted by atomic mass is 9.77. The lowest BCUT2D eigenvalue weighted by molar-refractivity contribution is -0.140. The molecule has 3 rings (SSSR count). The van der Waals surface area contributed by atoms with Crippen molar-refractivity contribution < 1.29 is 19.1 Å². The molecule has 0 unspecified atom stereocenters. The molecule has 28 heavy (non-hydrogen) atoms. The van der Waals surface area contributed by atoms with Crippen LogP contribution in [0.2, 0.25) is 0 Å². The van der Waals surface area contributed by atoms with E-state index in [0.717, 1.165) is 29.2 Å². The molecule has 0 aromatic heterocycles. The number of amides is 4. The zero-order valence-corrected chi connectivity index (χ0v) is 16.7. The van der Waals surface area contributed by atoms with Crippen LogP contribution in [0.1, 0.15) is 38.2 Å². The summed E-state index contributed by atoms with van der Waals surface area (Å²) in [6.07, 6.45) is 3.00. The van der Waals surface area contributed by atoms with Gasteiger partial charge in [0.1, 0.15) is 11.3 Å². The number of nitrogens with zero attached hydrogens (tertiary/aromatic N) is 2. The first-order valence-corrected chi connectivity index (χ1v) is 9.60. The number of carbonyl (C=O) groups is 3. The van der Waals surface area contributed by atoms with Gasteiger partial charge in [-0.2, -0.15) is 5.01 Å². The van der Waals surface area contributed by atoms with Gasteiger partial charge in [0.05, 0.1) is 13.7 Å². The maximum absolute atomic E-state index is 12.8. The molecule has 152 valence electrons. The number of benzene rings is 1. The predicted molar refractivity (Wildman–Crippen MR) is 103 cm³/mol. The van der Waals surface area contributed by atoms with Crippen LogP contribution in [0.4, 0.5) is 4.79 Å². The van der Waals surface area contributed by atoms with E-state index in [1.807, 2.05) is 24.3 Å². The zero-order chi connectivity index (χ0) is 20.3. The molecule has 1 aliphatic heterocycles. The minimum Gasteiger partial charge on any atom is -0.497 e. The predicted octanol–water partition coefficient (Wildman–Crippen LogP) is 1.66. The molecule has 1 spiro atoms. The van der Waals surface area contributed by atoms with Gasteiger partial charge in [-0.05, 0) is 56.3 Å². The van der Waals surface area contributed by atoms with Crippen LogP contribution < -0.4 is 15.5 Å². The fourth-order valence-corrected chi connectivity index (χ4v) is 3.86. The maximum Gasteiger partial charge on any atom is 0.344 e. The van der Waals surface area contributed by atoms with E-state index in [9.17, 15) is 14.4 Å². The maximum atomic E-state index is 12.8. The molecule has 2 aliphatic rings. The van der Waals surface area contributed by atoms with Gasteiger partial charge in [0, 0.05) is 6.54 Å². The molecule has 4 amide bonds. The molecule has 1 aliphatic carbocycles. The highest BCUT2D eigenvalue weighted by molar-refractivity contribution is 6.08. The molecule has 2 fully saturated rings. The Labute approximate surface area is 165 Å². The molecule has 2 N–H and O–H groups in total. The van der Waals surface area contributed by atoms with Crippen molar-refractivity contribution in [3.8, 4) is 5.75 Å². The second-order valence-electron chi connectivity index (χ2n) is 7.89. The van der Waals surface area contributed by atoms with E-state index in [2.05, 4.69) is 17.7 Å². The average molecular weight is 388 g/mol. The summed E-state index contributed by atoms with van der Waals surface area (Å²) in [7, 11) is 3.41. The van der Waals surface area contributed by atoms with E-state index in [1.165, 1.54) is 0 Å². The normalized spacial score (nSPS) is 24.6. The smallest absolute Gasteiger partial charge is 0.344 e. The van der Waals surface area contributed by atoms with Gasteiger partial charge in [-0.15, -0.1) is 0 Å². The standard InChI is InChI=1S/C20H28N4O4/c1-14-7-9-20(10-8-14)18(26)24(19(27)21-20)22-17(25)13-23(2)12-15-5-4-6-16(11-15)28-3/h4-6,11,14H,7-10,12-13H2,1-3H3,(H,21,27)(H,22,25). The van der Waals surface area contributed by atoms with Crippen LogP contribution in [0, 0.1) is 5.92 Å². The highest BCUT2D eigenvalue weighted by atomic mass is 16.5. The molecular formula is C20H28N4O4. The van der Waals surface area contributed by atoms with Gasteiger partial charge in [0.2, 0.25) is 0 Å². The summed E-state index contributed by atoms with van der Waals surface area (Å²) in [4.78, 5) is 39.2. The van der Waals surface area contributed by atoms with Crippen molar-refractivity contribution in [2.45, 2.75) is 44.7 Å². The van der Waals surface area contributed by atoms with E-state index in [-0.39, 0.29) is 12.5 Å². The first kappa shape index (κ1) is 20.1. The van der Waals surface area contributed by atoms with Gasteiger partial charge in [-0.25, -0.2) is 4.79 Å². The fourth-order valence-electron chi connectivity index (χ4n) is 3.86. The number of methoxy groups -OCH3 is 1. The number of ether oxygens (including phenoxy) is 1. The number of hydrogen-bond acceptors (Lipinski definition) is 5. The summed E-state index contributed by atoms with van der Waals surface area (Å²) in [5.74, 6) is 0.536. The Hall–Kier alpha value is -2.61. The van der Waals surface area contributed by atoms with Crippen molar-refractivity contribution in [1.29, 1.82) is 0 Å². The number of carbonyl (C=O) groups excluding carboxylic acids is 3. The first-order chi connectivity index (χ1) is 13.3. The Morgan fingerprint density at radius 1 is 1.36 bits per heavy atom. The summed E-state index contributed by atoms with van der Waals surface area (Å²) < 4.78 is 5.20. The molecular weight excluding hydrogens is 360 g/mol. The van der Waals surface area contributed by atoms with Crippen LogP contribution >= 0.6 is 0 Å². The van der Waals surface area contributed by atoms with Crippen molar-refractivity contribution >= 4 is 17.8 Å². The summed E-state index contributed by atoms with van der Waals surface area (Å²) in [5.41, 5.74) is 2.61. The Kier molecular flexibility index (Phi) is 5.88. The van der Waals surface area contributed by atoms with Crippen molar-refractivity contribution in [3.05, 3.63) is 29.8 Å². The number of urea groups is 1. The molecule has 8 nitrogen and oxygen atoms in total. The third-order valence-electron chi connectivity index (χ3n) is 5.53. The van der Waals surface area contributed by atoms with Crippen LogP contribution in [0.25, 0.3) is 0 Å². The van der Waals surface area contributed by atoms with Gasteiger partial charge >= 0.3 is 6.03 Å². The third kappa shape index (κ3) is 4.27. The average Bonchev–Trinajstić information content (AvgIpc) is 2.88. The number of nitrogens with one attached hydrogen (secondary N) is 2. The zero-order valence-electron chi connectivity index (χ0n) is 16.7. The SMILES string of the molecule is COc1cccc(CN(C)CC(=O)NN2C(=O)NC3(CCC(C)CC3)C2=O)c1. The van der Waals surface area contributed by atoms with Crippen LogP contribution in [-0.2, 0) is 16.1 Å². The summed E-state index contributed by atoms with van der Waals surface area (Å²) in [6, 6.07) is 7.04. The molecule has 0 atom stereocenters. The van der Waals surface area contributed by atoms with Gasteiger partial charge in [-0.1, -0.05) is 19.1 Å². The van der Waals surface area contributed by atoms with Crippen molar-refractivity contribution in [3.63, 3.8) is 0 Å². The quantitative estimate of drug-likeness (QED) is 0.724. The topological polar surface area (TPSA) is 91.0 Å². The monoisotopic (exact) mass is 388 g/mol. The van der Waals surface area contributed by atoms with Crippen molar-refractivity contribution in [2.75, 3.05) is 20.7 Å². The van der Waals surface area contributed by atoms with E-state index in [1.54, 1.807) is 19.1 Å². The molecule has 1 aromatic carbocycles. The molecule has 1 saturated carbocycles. The molecule has 1 saturated heterocycles. The second kappa shape index (κ2) is 8.18. The number of likely N-dealkylation sites (N-methyl/N-ethyl adjacent to an activating group) is 1. The van der Waals surface area contributed by atoms with Crippen LogP contribution in [0.5, 0.6) is 5.75 Å². The lowest BCUT2D eigenvalue weighted by Crippen LogP contribution is -2.52. The molecule has 1 aromatic rings. The van der Waals surface area contributed by atoms with E-state index in [0.29, 0.717) is 25.3 Å². The highest BCUT2D eigenvalue weighted by Crippen LogP contribution is 2.35. The summed E-state index contributed by atoms with van der Waals surface area (Å²) in [6.45, 7) is 2.73. The Balaban J connectivity index is 1.55. The number of imide groups is 1. The second-order valence-corrected chi connectivity index (χ2v) is 7.89. The van der Waals surface area contributed by atoms with Gasteiger partial charge in [0.15, 0.2) is 0 Å². The van der Waals surface area contributed by atoms with Gasteiger partial charge in [0.25, 0.3) is 11.8 Å². The molecule has 0 radical (unpaired) electrons. The van der Waals surface area contributed by atoms with E-state index in [4.69, 9.17) is 4.74 Å². The number of rotatable bonds is 6. The van der Waals surface area contributed by atoms with E-state index < -0.39 is 17.5 Å². The van der Waals surface area contributed by atoms with Gasteiger partial charge < -0.3 is 10.1 Å². The third-order valence-corrected chi connectivity index (χ3v) is 5.53. The fraction of sp³-hybridized carbons (Fsp3) is 0.550. The Morgan fingerprint density at radius 3 is 2.75 bits per heavy atom. The van der Waals surface area contributed by atoms with Crippen LogP contribution in [0.3, 0.4) is 0 Å². The Bertz CT molecular complexity index is 758. The Morgan fingerprint density at radius 2 is 2.07 bits per heavy atom. The first-order valence-electron chi connectivity index (χ1n) is 9.60. The largest absolute Gasteiger partial charge is 0.497 e. The summed E-state index contributed by atoms with van der Waals surface area (Å²) in [5, 5.41) is 3.64. The van der Waals surface area contributed by atoms with Gasteiger partial charge in [-0.3, -0.25) is 19.9 Å². The van der Waals surface area contributed by atoms with Crippen LogP contribution in [-0.4, -0.2) is 54.0 Å². The van der Waals surface area contributed by atoms with Crippen LogP contribution in [0.15, 0.2) is 24.3 Å². The van der Waals surface area contributed by atoms with Crippen molar-refractivity contribution in [2.24, 2.45) is 5.92 Å². The molecule has 8 heteroatoms. The lowest BCUT2D eigenvalue weighted by Gasteiger charge is -2.33. The van der Waals surface area contributed by atoms with Crippen molar-refractivity contribution in [1.82, 2.24) is 20.7 Å². The minimum absolute atomic E-state index is 0.0539. The number of hydrogen-bond donors (Lipinski definition) is 2. The highest BCUT2D eigenvalue weighted by Gasteiger charge is 2.52. The molecule has 0 bridgehead atoms. The minimum atomic E-state index is -0.858. The molecule has 1 heterocycles. The van der Waals surface area contributed by atoms with E-state index >= 15 is 0 Å².